The molecule has 4 heteroatoms. The minimum Gasteiger partial charge on any atom is -0.469 e. The lowest BCUT2D eigenvalue weighted by Crippen LogP contribution is -2.37. The fourth-order valence-electron chi connectivity index (χ4n) is 4.90. The standard InChI is InChI=1S/C27H51NO3/c1-3-4-5-6-7-8-9-10-11-12-13-14-15-16-17-22-26(29)28-23-24-20-18-19-21-25(24)27(30)31-2/h24-25H,3-23H2,1-2H3,(H,28,29). The topological polar surface area (TPSA) is 55.4 Å². The van der Waals surface area contributed by atoms with E-state index in [1.165, 1.54) is 90.6 Å². The van der Waals surface area contributed by atoms with Gasteiger partial charge in [0, 0.05) is 13.0 Å². The second kappa shape index (κ2) is 19.6. The number of hydrogen-bond donors (Lipinski definition) is 1. The van der Waals surface area contributed by atoms with Gasteiger partial charge in [-0.05, 0) is 25.2 Å². The number of amides is 1. The molecule has 0 spiro atoms. The third-order valence-electron chi connectivity index (χ3n) is 6.98. The van der Waals surface area contributed by atoms with E-state index in [1.807, 2.05) is 0 Å². The molecule has 0 aliphatic heterocycles. The molecular weight excluding hydrogens is 386 g/mol. The molecule has 0 heterocycles. The van der Waals surface area contributed by atoms with Gasteiger partial charge in [-0.15, -0.1) is 0 Å². The lowest BCUT2D eigenvalue weighted by atomic mass is 9.79. The average molecular weight is 438 g/mol. The number of carbonyl (C=O) groups excluding carboxylic acids is 2. The van der Waals surface area contributed by atoms with Crippen molar-refractivity contribution in [2.24, 2.45) is 11.8 Å². The predicted molar refractivity (Wildman–Crippen MR) is 130 cm³/mol. The Morgan fingerprint density at radius 2 is 1.23 bits per heavy atom. The molecule has 0 radical (unpaired) electrons. The zero-order chi connectivity index (χ0) is 22.6. The first-order valence-corrected chi connectivity index (χ1v) is 13.5. The molecule has 31 heavy (non-hydrogen) atoms. The molecule has 1 N–H and O–H groups in total. The summed E-state index contributed by atoms with van der Waals surface area (Å²) in [5.74, 6) is 0.237. The van der Waals surface area contributed by atoms with E-state index in [-0.39, 0.29) is 23.7 Å². The summed E-state index contributed by atoms with van der Waals surface area (Å²) in [5.41, 5.74) is 0. The van der Waals surface area contributed by atoms with Gasteiger partial charge >= 0.3 is 5.97 Å². The molecule has 182 valence electrons. The van der Waals surface area contributed by atoms with Crippen LogP contribution in [0.1, 0.15) is 135 Å². The first kappa shape index (κ1) is 28.0. The van der Waals surface area contributed by atoms with Crippen molar-refractivity contribution in [3.8, 4) is 0 Å². The Labute approximate surface area is 192 Å². The molecule has 1 rings (SSSR count). The fraction of sp³-hybridized carbons (Fsp3) is 0.926. The molecule has 1 aliphatic rings. The second-order valence-electron chi connectivity index (χ2n) is 9.68. The molecule has 0 saturated heterocycles. The highest BCUT2D eigenvalue weighted by Crippen LogP contribution is 2.30. The van der Waals surface area contributed by atoms with Crippen LogP contribution in [-0.2, 0) is 14.3 Å². The summed E-state index contributed by atoms with van der Waals surface area (Å²) < 4.78 is 4.94. The van der Waals surface area contributed by atoms with Gasteiger partial charge in [0.15, 0.2) is 0 Å². The highest BCUT2D eigenvalue weighted by Gasteiger charge is 2.31. The summed E-state index contributed by atoms with van der Waals surface area (Å²) in [4.78, 5) is 24.1. The van der Waals surface area contributed by atoms with Crippen LogP contribution >= 0.6 is 0 Å². The quantitative estimate of drug-likeness (QED) is 0.170. The van der Waals surface area contributed by atoms with Gasteiger partial charge in [0.2, 0.25) is 5.91 Å². The van der Waals surface area contributed by atoms with Gasteiger partial charge in [-0.25, -0.2) is 0 Å². The van der Waals surface area contributed by atoms with Crippen LogP contribution in [0.4, 0.5) is 0 Å². The van der Waals surface area contributed by atoms with E-state index in [4.69, 9.17) is 4.74 Å². The summed E-state index contributed by atoms with van der Waals surface area (Å²) in [6.07, 6.45) is 24.8. The van der Waals surface area contributed by atoms with Crippen LogP contribution in [0.5, 0.6) is 0 Å². The van der Waals surface area contributed by atoms with Crippen molar-refractivity contribution in [2.75, 3.05) is 13.7 Å². The maximum absolute atomic E-state index is 12.1. The van der Waals surface area contributed by atoms with Crippen LogP contribution in [0.2, 0.25) is 0 Å². The maximum Gasteiger partial charge on any atom is 0.309 e. The molecule has 1 amide bonds. The normalized spacial score (nSPS) is 18.6. The second-order valence-corrected chi connectivity index (χ2v) is 9.68. The average Bonchev–Trinajstić information content (AvgIpc) is 2.79. The van der Waals surface area contributed by atoms with E-state index in [2.05, 4.69) is 12.2 Å². The molecule has 2 unspecified atom stereocenters. The third-order valence-corrected chi connectivity index (χ3v) is 6.98. The van der Waals surface area contributed by atoms with Gasteiger partial charge in [0.25, 0.3) is 0 Å². The predicted octanol–water partition coefficient (Wildman–Crippen LogP) is 7.34. The number of nitrogens with one attached hydrogen (secondary N) is 1. The number of unbranched alkanes of at least 4 members (excludes halogenated alkanes) is 14. The van der Waals surface area contributed by atoms with E-state index in [0.29, 0.717) is 13.0 Å². The zero-order valence-electron chi connectivity index (χ0n) is 20.7. The van der Waals surface area contributed by atoms with Gasteiger partial charge in [-0.1, -0.05) is 110 Å². The zero-order valence-corrected chi connectivity index (χ0v) is 20.7. The number of rotatable bonds is 19. The molecular formula is C27H51NO3. The minimum absolute atomic E-state index is 0.0372. The Morgan fingerprint density at radius 1 is 0.742 bits per heavy atom. The number of hydrogen-bond acceptors (Lipinski definition) is 3. The van der Waals surface area contributed by atoms with Crippen molar-refractivity contribution in [2.45, 2.75) is 135 Å². The Bertz CT molecular complexity index is 452. The van der Waals surface area contributed by atoms with Gasteiger partial charge in [-0.3, -0.25) is 9.59 Å². The number of esters is 1. The van der Waals surface area contributed by atoms with Gasteiger partial charge < -0.3 is 10.1 Å². The van der Waals surface area contributed by atoms with Crippen LogP contribution in [0.25, 0.3) is 0 Å². The van der Waals surface area contributed by atoms with E-state index >= 15 is 0 Å². The Balaban J connectivity index is 1.89. The minimum atomic E-state index is -0.110. The summed E-state index contributed by atoms with van der Waals surface area (Å²) in [7, 11) is 1.46. The Morgan fingerprint density at radius 3 is 1.74 bits per heavy atom. The summed E-state index contributed by atoms with van der Waals surface area (Å²) in [6, 6.07) is 0. The van der Waals surface area contributed by atoms with Crippen LogP contribution in [0, 0.1) is 11.8 Å². The maximum atomic E-state index is 12.1. The Hall–Kier alpha value is -1.06. The van der Waals surface area contributed by atoms with Gasteiger partial charge in [-0.2, -0.15) is 0 Å². The monoisotopic (exact) mass is 437 g/mol. The van der Waals surface area contributed by atoms with Crippen LogP contribution in [0.15, 0.2) is 0 Å². The lowest BCUT2D eigenvalue weighted by molar-refractivity contribution is -0.148. The van der Waals surface area contributed by atoms with Crippen molar-refractivity contribution >= 4 is 11.9 Å². The van der Waals surface area contributed by atoms with E-state index in [1.54, 1.807) is 0 Å². The molecule has 0 aromatic rings. The van der Waals surface area contributed by atoms with Gasteiger partial charge in [0.05, 0.1) is 13.0 Å². The molecule has 2 atom stereocenters. The highest BCUT2D eigenvalue weighted by molar-refractivity contribution is 5.76. The first-order chi connectivity index (χ1) is 15.2. The fourth-order valence-corrected chi connectivity index (χ4v) is 4.90. The smallest absolute Gasteiger partial charge is 0.309 e. The molecule has 1 fully saturated rings. The summed E-state index contributed by atoms with van der Waals surface area (Å²) in [6.45, 7) is 2.90. The van der Waals surface area contributed by atoms with Crippen molar-refractivity contribution in [1.29, 1.82) is 0 Å². The SMILES string of the molecule is CCCCCCCCCCCCCCCCCC(=O)NCC1CCCCC1C(=O)OC. The summed E-state index contributed by atoms with van der Waals surface area (Å²) in [5, 5.41) is 3.06. The van der Waals surface area contributed by atoms with Crippen molar-refractivity contribution in [1.82, 2.24) is 5.32 Å². The number of carbonyl (C=O) groups is 2. The van der Waals surface area contributed by atoms with Crippen LogP contribution in [-0.4, -0.2) is 25.5 Å². The molecule has 1 aliphatic carbocycles. The summed E-state index contributed by atoms with van der Waals surface area (Å²) >= 11 is 0. The van der Waals surface area contributed by atoms with E-state index in [9.17, 15) is 9.59 Å². The molecule has 0 aromatic heterocycles. The largest absolute Gasteiger partial charge is 0.469 e. The Kier molecular flexibility index (Phi) is 17.7. The molecule has 0 aromatic carbocycles. The number of methoxy groups -OCH3 is 1. The van der Waals surface area contributed by atoms with Crippen LogP contribution in [0.3, 0.4) is 0 Å². The first-order valence-electron chi connectivity index (χ1n) is 13.5. The molecule has 1 saturated carbocycles. The van der Waals surface area contributed by atoms with Gasteiger partial charge in [0.1, 0.15) is 0 Å². The van der Waals surface area contributed by atoms with Crippen molar-refractivity contribution < 1.29 is 14.3 Å². The highest BCUT2D eigenvalue weighted by atomic mass is 16.5. The van der Waals surface area contributed by atoms with Crippen molar-refractivity contribution in [3.05, 3.63) is 0 Å². The number of ether oxygens (including phenoxy) is 1. The van der Waals surface area contributed by atoms with Crippen LogP contribution < -0.4 is 5.32 Å². The molecule has 0 bridgehead atoms. The van der Waals surface area contributed by atoms with E-state index in [0.717, 1.165) is 38.5 Å². The van der Waals surface area contributed by atoms with Crippen molar-refractivity contribution in [3.63, 3.8) is 0 Å². The van der Waals surface area contributed by atoms with E-state index < -0.39 is 0 Å². The molecule has 4 nitrogen and oxygen atoms in total. The lowest BCUT2D eigenvalue weighted by Gasteiger charge is -2.29. The third kappa shape index (κ3) is 14.6.